The van der Waals surface area contributed by atoms with Crippen molar-refractivity contribution in [2.24, 2.45) is 17.1 Å². The highest BCUT2D eigenvalue weighted by Crippen LogP contribution is 2.57. The molecule has 3 heteroatoms. The second-order valence-electron chi connectivity index (χ2n) is 5.90. The van der Waals surface area contributed by atoms with Crippen molar-refractivity contribution in [1.82, 2.24) is 0 Å². The molecule has 1 aromatic rings. The van der Waals surface area contributed by atoms with Crippen LogP contribution in [0.25, 0.3) is 0 Å². The van der Waals surface area contributed by atoms with Gasteiger partial charge < -0.3 is 15.2 Å². The number of nitrogens with two attached hydrogens (primary N) is 1. The topological polar surface area (TPSA) is 44.5 Å². The summed E-state index contributed by atoms with van der Waals surface area (Å²) in [5, 5.41) is 0. The van der Waals surface area contributed by atoms with E-state index in [4.69, 9.17) is 15.2 Å². The summed E-state index contributed by atoms with van der Waals surface area (Å²) in [6.07, 6.45) is 1.20. The van der Waals surface area contributed by atoms with E-state index in [1.54, 1.807) is 0 Å². The highest BCUT2D eigenvalue weighted by Gasteiger charge is 2.49. The Kier molecular flexibility index (Phi) is 4.04. The van der Waals surface area contributed by atoms with Crippen LogP contribution in [-0.4, -0.2) is 13.2 Å². The zero-order valence-corrected chi connectivity index (χ0v) is 12.4. The third kappa shape index (κ3) is 3.03. The molecular weight excluding hydrogens is 238 g/mol. The predicted octanol–water partition coefficient (Wildman–Crippen LogP) is 3.53. The number of hydrogen-bond donors (Lipinski definition) is 1. The summed E-state index contributed by atoms with van der Waals surface area (Å²) >= 11 is 0. The van der Waals surface area contributed by atoms with Gasteiger partial charge in [-0.3, -0.25) is 0 Å². The molecule has 1 fully saturated rings. The number of ether oxygens (including phenoxy) is 2. The molecule has 1 aliphatic rings. The van der Waals surface area contributed by atoms with Gasteiger partial charge in [0.25, 0.3) is 0 Å². The minimum absolute atomic E-state index is 0.0879. The highest BCUT2D eigenvalue weighted by molar-refractivity contribution is 5.44. The van der Waals surface area contributed by atoms with Crippen molar-refractivity contribution in [2.75, 3.05) is 13.2 Å². The van der Waals surface area contributed by atoms with Gasteiger partial charge in [-0.25, -0.2) is 0 Å². The van der Waals surface area contributed by atoms with E-state index in [-0.39, 0.29) is 6.04 Å². The number of hydrogen-bond acceptors (Lipinski definition) is 3. The van der Waals surface area contributed by atoms with Crippen molar-refractivity contribution >= 4 is 0 Å². The molecule has 0 bridgehead atoms. The lowest BCUT2D eigenvalue weighted by Crippen LogP contribution is -2.15. The van der Waals surface area contributed by atoms with Crippen LogP contribution in [0.3, 0.4) is 0 Å². The monoisotopic (exact) mass is 263 g/mol. The van der Waals surface area contributed by atoms with Gasteiger partial charge in [-0.1, -0.05) is 19.9 Å². The van der Waals surface area contributed by atoms with E-state index in [0.29, 0.717) is 24.5 Å². The van der Waals surface area contributed by atoms with Crippen molar-refractivity contribution < 1.29 is 9.47 Å². The first-order valence-corrected chi connectivity index (χ1v) is 7.14. The minimum atomic E-state index is 0.0879. The summed E-state index contributed by atoms with van der Waals surface area (Å²) in [5.41, 5.74) is 7.89. The normalized spacial score (nSPS) is 21.8. The molecule has 2 unspecified atom stereocenters. The lowest BCUT2D eigenvalue weighted by Gasteiger charge is -2.17. The Bertz CT molecular complexity index is 442. The second kappa shape index (κ2) is 5.41. The quantitative estimate of drug-likeness (QED) is 0.854. The van der Waals surface area contributed by atoms with Crippen LogP contribution in [0.15, 0.2) is 18.2 Å². The molecule has 1 aliphatic carbocycles. The lowest BCUT2D eigenvalue weighted by molar-refractivity contribution is 0.287. The Hall–Kier alpha value is -1.22. The molecule has 2 N–H and O–H groups in total. The summed E-state index contributed by atoms with van der Waals surface area (Å²) in [6, 6.07) is 6.16. The van der Waals surface area contributed by atoms with Crippen LogP contribution in [-0.2, 0) is 0 Å². The third-order valence-electron chi connectivity index (χ3n) is 3.98. The predicted molar refractivity (Wildman–Crippen MR) is 77.6 cm³/mol. The van der Waals surface area contributed by atoms with Gasteiger partial charge in [0.05, 0.1) is 13.2 Å². The van der Waals surface area contributed by atoms with Crippen LogP contribution >= 0.6 is 0 Å². The van der Waals surface area contributed by atoms with E-state index in [0.717, 1.165) is 17.1 Å². The van der Waals surface area contributed by atoms with E-state index < -0.39 is 0 Å². The minimum Gasteiger partial charge on any atom is -0.490 e. The summed E-state index contributed by atoms with van der Waals surface area (Å²) in [7, 11) is 0. The van der Waals surface area contributed by atoms with E-state index >= 15 is 0 Å². The van der Waals surface area contributed by atoms with Crippen LogP contribution < -0.4 is 15.2 Å². The Balaban J connectivity index is 2.20. The summed E-state index contributed by atoms with van der Waals surface area (Å²) in [6.45, 7) is 9.77. The van der Waals surface area contributed by atoms with E-state index in [1.165, 1.54) is 6.42 Å². The third-order valence-corrected chi connectivity index (χ3v) is 3.98. The largest absolute Gasteiger partial charge is 0.490 e. The molecule has 0 amide bonds. The van der Waals surface area contributed by atoms with Crippen molar-refractivity contribution in [3.63, 3.8) is 0 Å². The molecule has 0 aliphatic heterocycles. The van der Waals surface area contributed by atoms with Crippen LogP contribution in [0.4, 0.5) is 0 Å². The molecule has 106 valence electrons. The summed E-state index contributed by atoms with van der Waals surface area (Å²) in [5.74, 6) is 2.17. The van der Waals surface area contributed by atoms with E-state index in [2.05, 4.69) is 19.9 Å². The molecule has 0 spiro atoms. The van der Waals surface area contributed by atoms with Gasteiger partial charge in [-0.05, 0) is 49.3 Å². The fourth-order valence-corrected chi connectivity index (χ4v) is 2.63. The summed E-state index contributed by atoms with van der Waals surface area (Å²) < 4.78 is 11.2. The first-order chi connectivity index (χ1) is 8.99. The van der Waals surface area contributed by atoms with Crippen molar-refractivity contribution in [1.29, 1.82) is 0 Å². The molecule has 0 saturated heterocycles. The van der Waals surface area contributed by atoms with Crippen molar-refractivity contribution in [3.05, 3.63) is 23.8 Å². The number of benzene rings is 1. The van der Waals surface area contributed by atoms with Gasteiger partial charge in [-0.2, -0.15) is 0 Å². The average molecular weight is 263 g/mol. The van der Waals surface area contributed by atoms with Crippen LogP contribution in [0, 0.1) is 11.3 Å². The fourth-order valence-electron chi connectivity index (χ4n) is 2.63. The van der Waals surface area contributed by atoms with Gasteiger partial charge in [0.15, 0.2) is 11.5 Å². The van der Waals surface area contributed by atoms with Crippen molar-refractivity contribution in [2.45, 2.75) is 40.2 Å². The Morgan fingerprint density at radius 2 is 1.79 bits per heavy atom. The first kappa shape index (κ1) is 14.2. The summed E-state index contributed by atoms with van der Waals surface area (Å²) in [4.78, 5) is 0. The molecule has 0 radical (unpaired) electrons. The van der Waals surface area contributed by atoms with Gasteiger partial charge in [0.2, 0.25) is 0 Å². The highest BCUT2D eigenvalue weighted by atomic mass is 16.5. The SMILES string of the molecule is CCOc1ccc(C(N)C2CC2(C)C)cc1OCC. The zero-order valence-electron chi connectivity index (χ0n) is 12.4. The molecule has 1 saturated carbocycles. The fraction of sp³-hybridized carbons (Fsp3) is 0.625. The van der Waals surface area contributed by atoms with Crippen LogP contribution in [0.5, 0.6) is 11.5 Å². The molecule has 3 nitrogen and oxygen atoms in total. The first-order valence-electron chi connectivity index (χ1n) is 7.14. The molecule has 0 aromatic heterocycles. The molecule has 2 atom stereocenters. The maximum atomic E-state index is 6.37. The standard InChI is InChI=1S/C16H25NO2/c1-5-18-13-8-7-11(9-14(13)19-6-2)15(17)12-10-16(12,3)4/h7-9,12,15H,5-6,10,17H2,1-4H3. The Morgan fingerprint density at radius 3 is 2.32 bits per heavy atom. The van der Waals surface area contributed by atoms with Crippen molar-refractivity contribution in [3.8, 4) is 11.5 Å². The van der Waals surface area contributed by atoms with E-state index in [1.807, 2.05) is 26.0 Å². The number of rotatable bonds is 6. The Morgan fingerprint density at radius 1 is 1.21 bits per heavy atom. The van der Waals surface area contributed by atoms with E-state index in [9.17, 15) is 0 Å². The van der Waals surface area contributed by atoms with Gasteiger partial charge in [0, 0.05) is 6.04 Å². The van der Waals surface area contributed by atoms with Gasteiger partial charge in [-0.15, -0.1) is 0 Å². The van der Waals surface area contributed by atoms with Gasteiger partial charge in [0.1, 0.15) is 0 Å². The average Bonchev–Trinajstić information content (AvgIpc) is 3.00. The molecule has 1 aromatic carbocycles. The lowest BCUT2D eigenvalue weighted by atomic mass is 9.97. The Labute approximate surface area is 116 Å². The molecular formula is C16H25NO2. The zero-order chi connectivity index (χ0) is 14.0. The molecule has 2 rings (SSSR count). The van der Waals surface area contributed by atoms with Gasteiger partial charge >= 0.3 is 0 Å². The molecule has 0 heterocycles. The maximum absolute atomic E-state index is 6.37. The maximum Gasteiger partial charge on any atom is 0.161 e. The van der Waals surface area contributed by atoms with Crippen LogP contribution in [0.1, 0.15) is 45.7 Å². The smallest absolute Gasteiger partial charge is 0.161 e. The molecule has 19 heavy (non-hydrogen) atoms. The van der Waals surface area contributed by atoms with Crippen LogP contribution in [0.2, 0.25) is 0 Å². The second-order valence-corrected chi connectivity index (χ2v) is 5.90.